The first kappa shape index (κ1) is 11.5. The summed E-state index contributed by atoms with van der Waals surface area (Å²) in [6.45, 7) is 1.85. The summed E-state index contributed by atoms with van der Waals surface area (Å²) in [6.07, 6.45) is 5.22. The lowest BCUT2D eigenvalue weighted by atomic mass is 10.2. The Kier molecular flexibility index (Phi) is 4.30. The summed E-state index contributed by atoms with van der Waals surface area (Å²) in [5, 5.41) is 7.07. The van der Waals surface area contributed by atoms with Crippen molar-refractivity contribution in [2.75, 3.05) is 20.2 Å². The lowest BCUT2D eigenvalue weighted by Gasteiger charge is -2.03. The Labute approximate surface area is 95.6 Å². The maximum absolute atomic E-state index is 5.53. The SMILES string of the molecule is CNCCCc1nc(CC2CCCO2)no1. The van der Waals surface area contributed by atoms with Crippen LogP contribution in [-0.4, -0.2) is 36.4 Å². The Balaban J connectivity index is 1.77. The van der Waals surface area contributed by atoms with Gasteiger partial charge in [0.1, 0.15) is 0 Å². The molecule has 0 saturated carbocycles. The molecule has 90 valence electrons. The average Bonchev–Trinajstić information content (AvgIpc) is 2.91. The van der Waals surface area contributed by atoms with E-state index in [1.54, 1.807) is 0 Å². The minimum atomic E-state index is 0.294. The molecular formula is C11H19N3O2. The summed E-state index contributed by atoms with van der Waals surface area (Å²) in [5.41, 5.74) is 0. The van der Waals surface area contributed by atoms with Gasteiger partial charge >= 0.3 is 0 Å². The second kappa shape index (κ2) is 5.96. The molecule has 0 amide bonds. The van der Waals surface area contributed by atoms with Crippen molar-refractivity contribution in [3.05, 3.63) is 11.7 Å². The zero-order chi connectivity index (χ0) is 11.2. The fourth-order valence-electron chi connectivity index (χ4n) is 1.90. The van der Waals surface area contributed by atoms with Crippen molar-refractivity contribution >= 4 is 0 Å². The molecule has 0 radical (unpaired) electrons. The van der Waals surface area contributed by atoms with Gasteiger partial charge in [-0.25, -0.2) is 0 Å². The fourth-order valence-corrected chi connectivity index (χ4v) is 1.90. The number of rotatable bonds is 6. The van der Waals surface area contributed by atoms with Crippen LogP contribution in [0.1, 0.15) is 31.0 Å². The molecule has 5 nitrogen and oxygen atoms in total. The third kappa shape index (κ3) is 3.28. The summed E-state index contributed by atoms with van der Waals surface area (Å²) < 4.78 is 10.7. The van der Waals surface area contributed by atoms with E-state index in [1.165, 1.54) is 0 Å². The van der Waals surface area contributed by atoms with Crippen LogP contribution in [0.2, 0.25) is 0 Å². The van der Waals surface area contributed by atoms with Crippen LogP contribution >= 0.6 is 0 Å². The van der Waals surface area contributed by atoms with Gasteiger partial charge in [-0.15, -0.1) is 0 Å². The van der Waals surface area contributed by atoms with E-state index < -0.39 is 0 Å². The predicted octanol–water partition coefficient (Wildman–Crippen LogP) is 0.943. The molecule has 0 aromatic carbocycles. The third-order valence-corrected chi connectivity index (χ3v) is 2.76. The molecule has 1 aliphatic rings. The molecule has 1 aromatic rings. The largest absolute Gasteiger partial charge is 0.378 e. The zero-order valence-corrected chi connectivity index (χ0v) is 9.74. The Bertz CT molecular complexity index is 308. The summed E-state index contributed by atoms with van der Waals surface area (Å²) in [5.74, 6) is 1.52. The van der Waals surface area contributed by atoms with Gasteiger partial charge in [-0.2, -0.15) is 4.98 Å². The summed E-state index contributed by atoms with van der Waals surface area (Å²) in [7, 11) is 1.94. The molecule has 1 saturated heterocycles. The predicted molar refractivity (Wildman–Crippen MR) is 59.2 cm³/mol. The highest BCUT2D eigenvalue weighted by Gasteiger charge is 2.18. The molecule has 0 spiro atoms. The normalized spacial score (nSPS) is 20.4. The summed E-state index contributed by atoms with van der Waals surface area (Å²) in [6, 6.07) is 0. The van der Waals surface area contributed by atoms with E-state index in [-0.39, 0.29) is 0 Å². The first-order valence-corrected chi connectivity index (χ1v) is 5.96. The standard InChI is InChI=1S/C11H19N3O2/c1-12-6-2-5-11-13-10(14-16-11)8-9-4-3-7-15-9/h9,12H,2-8H2,1H3. The Morgan fingerprint density at radius 2 is 2.44 bits per heavy atom. The summed E-state index contributed by atoms with van der Waals surface area (Å²) >= 11 is 0. The lowest BCUT2D eigenvalue weighted by Crippen LogP contribution is -2.10. The fraction of sp³-hybridized carbons (Fsp3) is 0.818. The molecule has 5 heteroatoms. The maximum Gasteiger partial charge on any atom is 0.226 e. The number of aromatic nitrogens is 2. The highest BCUT2D eigenvalue weighted by molar-refractivity contribution is 4.90. The van der Waals surface area contributed by atoms with Gasteiger partial charge in [0.25, 0.3) is 0 Å². The molecular weight excluding hydrogens is 206 g/mol. The minimum Gasteiger partial charge on any atom is -0.378 e. The number of hydrogen-bond donors (Lipinski definition) is 1. The Hall–Kier alpha value is -0.940. The molecule has 16 heavy (non-hydrogen) atoms. The monoisotopic (exact) mass is 225 g/mol. The van der Waals surface area contributed by atoms with E-state index in [4.69, 9.17) is 9.26 Å². The van der Waals surface area contributed by atoms with Gasteiger partial charge in [0, 0.05) is 19.4 Å². The van der Waals surface area contributed by atoms with Crippen LogP contribution in [0.25, 0.3) is 0 Å². The molecule has 2 rings (SSSR count). The van der Waals surface area contributed by atoms with Crippen LogP contribution in [0.3, 0.4) is 0 Å². The van der Waals surface area contributed by atoms with Crippen molar-refractivity contribution in [1.82, 2.24) is 15.5 Å². The Morgan fingerprint density at radius 1 is 1.50 bits per heavy atom. The second-order valence-electron chi connectivity index (χ2n) is 4.15. The van der Waals surface area contributed by atoms with Gasteiger partial charge < -0.3 is 14.6 Å². The van der Waals surface area contributed by atoms with Crippen LogP contribution < -0.4 is 5.32 Å². The topological polar surface area (TPSA) is 60.2 Å². The number of hydrogen-bond acceptors (Lipinski definition) is 5. The van der Waals surface area contributed by atoms with Crippen LogP contribution in [0.4, 0.5) is 0 Å². The smallest absolute Gasteiger partial charge is 0.226 e. The van der Waals surface area contributed by atoms with Gasteiger partial charge in [0.2, 0.25) is 5.89 Å². The maximum atomic E-state index is 5.53. The van der Waals surface area contributed by atoms with E-state index in [2.05, 4.69) is 15.5 Å². The number of nitrogens with zero attached hydrogens (tertiary/aromatic N) is 2. The van der Waals surface area contributed by atoms with Crippen LogP contribution in [0, 0.1) is 0 Å². The highest BCUT2D eigenvalue weighted by Crippen LogP contribution is 2.15. The van der Waals surface area contributed by atoms with Crippen molar-refractivity contribution in [2.24, 2.45) is 0 Å². The molecule has 1 unspecified atom stereocenters. The molecule has 1 atom stereocenters. The zero-order valence-electron chi connectivity index (χ0n) is 9.74. The lowest BCUT2D eigenvalue weighted by molar-refractivity contribution is 0.109. The van der Waals surface area contributed by atoms with Crippen molar-refractivity contribution < 1.29 is 9.26 Å². The van der Waals surface area contributed by atoms with Gasteiger partial charge in [-0.05, 0) is 32.9 Å². The molecule has 1 N–H and O–H groups in total. The van der Waals surface area contributed by atoms with Gasteiger partial charge in [-0.3, -0.25) is 0 Å². The highest BCUT2D eigenvalue weighted by atomic mass is 16.5. The number of nitrogens with one attached hydrogen (secondary N) is 1. The van der Waals surface area contributed by atoms with Crippen molar-refractivity contribution in [2.45, 2.75) is 38.2 Å². The molecule has 0 bridgehead atoms. The van der Waals surface area contributed by atoms with Crippen LogP contribution in [0.15, 0.2) is 4.52 Å². The van der Waals surface area contributed by atoms with Crippen LogP contribution in [0.5, 0.6) is 0 Å². The van der Waals surface area contributed by atoms with E-state index >= 15 is 0 Å². The molecule has 1 aromatic heterocycles. The van der Waals surface area contributed by atoms with E-state index in [0.717, 1.165) is 57.0 Å². The van der Waals surface area contributed by atoms with E-state index in [9.17, 15) is 0 Å². The van der Waals surface area contributed by atoms with E-state index in [0.29, 0.717) is 6.10 Å². The number of aryl methyl sites for hydroxylation is 1. The van der Waals surface area contributed by atoms with Gasteiger partial charge in [0.15, 0.2) is 5.82 Å². The number of ether oxygens (including phenoxy) is 1. The quantitative estimate of drug-likeness (QED) is 0.730. The Morgan fingerprint density at radius 3 is 3.19 bits per heavy atom. The van der Waals surface area contributed by atoms with Gasteiger partial charge in [-0.1, -0.05) is 5.16 Å². The van der Waals surface area contributed by atoms with Crippen LogP contribution in [-0.2, 0) is 17.6 Å². The van der Waals surface area contributed by atoms with Gasteiger partial charge in [0.05, 0.1) is 6.10 Å². The van der Waals surface area contributed by atoms with Crippen molar-refractivity contribution in [1.29, 1.82) is 0 Å². The average molecular weight is 225 g/mol. The first-order chi connectivity index (χ1) is 7.88. The second-order valence-corrected chi connectivity index (χ2v) is 4.15. The molecule has 1 aliphatic heterocycles. The third-order valence-electron chi connectivity index (χ3n) is 2.76. The van der Waals surface area contributed by atoms with E-state index in [1.807, 2.05) is 7.05 Å². The first-order valence-electron chi connectivity index (χ1n) is 5.96. The molecule has 0 aliphatic carbocycles. The van der Waals surface area contributed by atoms with Crippen molar-refractivity contribution in [3.63, 3.8) is 0 Å². The molecule has 1 fully saturated rings. The minimum absolute atomic E-state index is 0.294. The molecule has 2 heterocycles. The summed E-state index contributed by atoms with van der Waals surface area (Å²) in [4.78, 5) is 4.36. The van der Waals surface area contributed by atoms with Crippen molar-refractivity contribution in [3.8, 4) is 0 Å².